The fraction of sp³-hybridized carbons (Fsp3) is 0.533. The van der Waals surface area contributed by atoms with E-state index in [1.54, 1.807) is 7.11 Å². The molecule has 1 saturated carbocycles. The van der Waals surface area contributed by atoms with Crippen LogP contribution >= 0.6 is 0 Å². The molecule has 0 aliphatic heterocycles. The normalized spacial score (nSPS) is 16.6. The van der Waals surface area contributed by atoms with Gasteiger partial charge in [-0.05, 0) is 43.9 Å². The number of ether oxygens (including phenoxy) is 1. The summed E-state index contributed by atoms with van der Waals surface area (Å²) in [5.41, 5.74) is 8.25. The first kappa shape index (κ1) is 13.9. The van der Waals surface area contributed by atoms with Crippen LogP contribution in [0.1, 0.15) is 30.4 Å². The molecule has 4 heteroatoms. The first-order valence-corrected chi connectivity index (χ1v) is 6.69. The number of anilines is 1. The molecule has 0 atom stereocenters. The van der Waals surface area contributed by atoms with Crippen LogP contribution in [0.4, 0.5) is 5.69 Å². The summed E-state index contributed by atoms with van der Waals surface area (Å²) < 4.78 is 5.38. The molecule has 1 aliphatic rings. The fourth-order valence-electron chi connectivity index (χ4n) is 2.70. The third-order valence-electron chi connectivity index (χ3n) is 4.05. The summed E-state index contributed by atoms with van der Waals surface area (Å²) in [5, 5.41) is 2.99. The second-order valence-electron chi connectivity index (χ2n) is 5.45. The summed E-state index contributed by atoms with van der Waals surface area (Å²) in [7, 11) is 1.62. The SMILES string of the molecule is COc1c(C)cc(C)cc1NC(=O)C1(CN)CCC1. The maximum Gasteiger partial charge on any atom is 0.231 e. The van der Waals surface area contributed by atoms with Gasteiger partial charge >= 0.3 is 0 Å². The van der Waals surface area contributed by atoms with Gasteiger partial charge in [-0.2, -0.15) is 0 Å². The molecule has 3 N–H and O–H groups in total. The van der Waals surface area contributed by atoms with Crippen molar-refractivity contribution in [2.45, 2.75) is 33.1 Å². The van der Waals surface area contributed by atoms with E-state index in [0.29, 0.717) is 6.54 Å². The maximum absolute atomic E-state index is 12.4. The van der Waals surface area contributed by atoms with Gasteiger partial charge in [0, 0.05) is 6.54 Å². The van der Waals surface area contributed by atoms with Gasteiger partial charge in [0.25, 0.3) is 0 Å². The number of benzene rings is 1. The van der Waals surface area contributed by atoms with Crippen LogP contribution in [0.25, 0.3) is 0 Å². The van der Waals surface area contributed by atoms with Crippen LogP contribution in [0.5, 0.6) is 5.75 Å². The molecule has 0 heterocycles. The van der Waals surface area contributed by atoms with E-state index < -0.39 is 0 Å². The van der Waals surface area contributed by atoms with Crippen LogP contribution in [-0.4, -0.2) is 19.6 Å². The van der Waals surface area contributed by atoms with Gasteiger partial charge in [-0.15, -0.1) is 0 Å². The highest BCUT2D eigenvalue weighted by Gasteiger charge is 2.43. The second-order valence-corrected chi connectivity index (χ2v) is 5.45. The first-order chi connectivity index (χ1) is 9.02. The summed E-state index contributed by atoms with van der Waals surface area (Å²) in [4.78, 5) is 12.4. The Bertz CT molecular complexity index is 488. The molecule has 104 valence electrons. The largest absolute Gasteiger partial charge is 0.494 e. The highest BCUT2D eigenvalue weighted by atomic mass is 16.5. The molecule has 1 aromatic rings. The van der Waals surface area contributed by atoms with E-state index >= 15 is 0 Å². The molecule has 1 fully saturated rings. The van der Waals surface area contributed by atoms with Crippen molar-refractivity contribution in [3.05, 3.63) is 23.3 Å². The minimum Gasteiger partial charge on any atom is -0.494 e. The summed E-state index contributed by atoms with van der Waals surface area (Å²) in [6, 6.07) is 3.98. The van der Waals surface area contributed by atoms with Gasteiger partial charge in [-0.25, -0.2) is 0 Å². The van der Waals surface area contributed by atoms with Crippen LogP contribution in [0.3, 0.4) is 0 Å². The minimum absolute atomic E-state index is 0.0181. The topological polar surface area (TPSA) is 64.3 Å². The first-order valence-electron chi connectivity index (χ1n) is 6.69. The minimum atomic E-state index is -0.372. The number of hydrogen-bond donors (Lipinski definition) is 2. The van der Waals surface area contributed by atoms with E-state index in [1.165, 1.54) is 0 Å². The third-order valence-corrected chi connectivity index (χ3v) is 4.05. The number of nitrogens with two attached hydrogens (primary N) is 1. The van der Waals surface area contributed by atoms with Gasteiger partial charge in [-0.3, -0.25) is 4.79 Å². The third kappa shape index (κ3) is 2.45. The number of nitrogens with one attached hydrogen (secondary N) is 1. The zero-order chi connectivity index (χ0) is 14.0. The fourth-order valence-corrected chi connectivity index (χ4v) is 2.70. The zero-order valence-corrected chi connectivity index (χ0v) is 11.9. The lowest BCUT2D eigenvalue weighted by atomic mass is 9.68. The Morgan fingerprint density at radius 3 is 2.58 bits per heavy atom. The maximum atomic E-state index is 12.4. The van der Waals surface area contributed by atoms with Gasteiger partial charge in [0.1, 0.15) is 5.75 Å². The molecule has 0 unspecified atom stereocenters. The Balaban J connectivity index is 2.26. The summed E-state index contributed by atoms with van der Waals surface area (Å²) in [6.07, 6.45) is 2.83. The molecule has 1 aromatic carbocycles. The van der Waals surface area contributed by atoms with Crippen LogP contribution in [0.15, 0.2) is 12.1 Å². The van der Waals surface area contributed by atoms with E-state index in [9.17, 15) is 4.79 Å². The molecule has 0 aromatic heterocycles. The molecule has 1 aliphatic carbocycles. The van der Waals surface area contributed by atoms with Crippen LogP contribution in [0.2, 0.25) is 0 Å². The summed E-state index contributed by atoms with van der Waals surface area (Å²) in [5.74, 6) is 0.745. The van der Waals surface area contributed by atoms with Crippen molar-refractivity contribution in [1.29, 1.82) is 0 Å². The molecule has 19 heavy (non-hydrogen) atoms. The Kier molecular flexibility index (Phi) is 3.80. The molecule has 0 saturated heterocycles. The van der Waals surface area contributed by atoms with Crippen molar-refractivity contribution >= 4 is 11.6 Å². The number of methoxy groups -OCH3 is 1. The highest BCUT2D eigenvalue weighted by molar-refractivity contribution is 5.97. The number of carbonyl (C=O) groups is 1. The molecule has 0 bridgehead atoms. The smallest absolute Gasteiger partial charge is 0.231 e. The van der Waals surface area contributed by atoms with Crippen molar-refractivity contribution in [3.63, 3.8) is 0 Å². The standard InChI is InChI=1S/C15H22N2O2/c1-10-7-11(2)13(19-3)12(8-10)17-14(18)15(9-16)5-4-6-15/h7-8H,4-6,9,16H2,1-3H3,(H,17,18). The van der Waals surface area contributed by atoms with E-state index in [-0.39, 0.29) is 11.3 Å². The molecular formula is C15H22N2O2. The predicted molar refractivity (Wildman–Crippen MR) is 76.4 cm³/mol. The van der Waals surface area contributed by atoms with Crippen molar-refractivity contribution in [2.24, 2.45) is 11.1 Å². The summed E-state index contributed by atoms with van der Waals surface area (Å²) >= 11 is 0. The lowest BCUT2D eigenvalue weighted by Gasteiger charge is -2.39. The van der Waals surface area contributed by atoms with Crippen molar-refractivity contribution in [3.8, 4) is 5.75 Å². The Hall–Kier alpha value is -1.55. The summed E-state index contributed by atoms with van der Waals surface area (Å²) in [6.45, 7) is 4.39. The van der Waals surface area contributed by atoms with E-state index in [2.05, 4.69) is 5.32 Å². The molecule has 0 radical (unpaired) electrons. The number of hydrogen-bond acceptors (Lipinski definition) is 3. The zero-order valence-electron chi connectivity index (χ0n) is 11.9. The van der Waals surface area contributed by atoms with Gasteiger partial charge in [0.05, 0.1) is 18.2 Å². The molecular weight excluding hydrogens is 240 g/mol. The molecule has 4 nitrogen and oxygen atoms in total. The lowest BCUT2D eigenvalue weighted by Crippen LogP contribution is -2.47. The lowest BCUT2D eigenvalue weighted by molar-refractivity contribution is -0.129. The van der Waals surface area contributed by atoms with Gasteiger partial charge in [0.2, 0.25) is 5.91 Å². The number of amides is 1. The van der Waals surface area contributed by atoms with E-state index in [0.717, 1.165) is 41.8 Å². The Morgan fingerprint density at radius 2 is 2.11 bits per heavy atom. The van der Waals surface area contributed by atoms with Crippen LogP contribution < -0.4 is 15.8 Å². The number of aryl methyl sites for hydroxylation is 2. The number of rotatable bonds is 4. The molecule has 1 amide bonds. The van der Waals surface area contributed by atoms with E-state index in [1.807, 2.05) is 26.0 Å². The quantitative estimate of drug-likeness (QED) is 0.875. The predicted octanol–water partition coefficient (Wildman–Crippen LogP) is 2.38. The second kappa shape index (κ2) is 5.21. The van der Waals surface area contributed by atoms with Crippen molar-refractivity contribution < 1.29 is 9.53 Å². The van der Waals surface area contributed by atoms with Gasteiger partial charge < -0.3 is 15.8 Å². The number of carbonyl (C=O) groups excluding carboxylic acids is 1. The van der Waals surface area contributed by atoms with Crippen LogP contribution in [0, 0.1) is 19.3 Å². The van der Waals surface area contributed by atoms with Crippen LogP contribution in [-0.2, 0) is 4.79 Å². The Morgan fingerprint density at radius 1 is 1.42 bits per heavy atom. The molecule has 0 spiro atoms. The van der Waals surface area contributed by atoms with Crippen molar-refractivity contribution in [2.75, 3.05) is 19.0 Å². The van der Waals surface area contributed by atoms with Gasteiger partial charge in [0.15, 0.2) is 0 Å². The monoisotopic (exact) mass is 262 g/mol. The average Bonchev–Trinajstić information content (AvgIpc) is 2.27. The van der Waals surface area contributed by atoms with Gasteiger partial charge in [-0.1, -0.05) is 12.5 Å². The molecule has 2 rings (SSSR count). The highest BCUT2D eigenvalue weighted by Crippen LogP contribution is 2.41. The average molecular weight is 262 g/mol. The van der Waals surface area contributed by atoms with Crippen molar-refractivity contribution in [1.82, 2.24) is 0 Å². The van der Waals surface area contributed by atoms with E-state index in [4.69, 9.17) is 10.5 Å². The Labute approximate surface area is 114 Å².